The number of primary amides is 1. The van der Waals surface area contributed by atoms with E-state index < -0.39 is 47.1 Å². The highest BCUT2D eigenvalue weighted by Crippen LogP contribution is 2.48. The number of nitrogens with one attached hydrogen (secondary N) is 1. The molecule has 2 aliphatic rings. The Bertz CT molecular complexity index is 1780. The average molecular weight is 643 g/mol. The normalized spacial score (nSPS) is 18.9. The van der Waals surface area contributed by atoms with Gasteiger partial charge in [-0.25, -0.2) is 14.4 Å². The zero-order chi connectivity index (χ0) is 32.1. The number of rotatable bonds is 9. The number of hydrogen-bond donors (Lipinski definition) is 3. The molecule has 9 nitrogen and oxygen atoms in total. The zero-order valence-corrected chi connectivity index (χ0v) is 24.5. The van der Waals surface area contributed by atoms with Crippen LogP contribution in [0.5, 0.6) is 11.5 Å². The number of aromatic nitrogens is 2. The van der Waals surface area contributed by atoms with Gasteiger partial charge < -0.3 is 25.6 Å². The average Bonchev–Trinajstić information content (AvgIpc) is 3.51. The Morgan fingerprint density at radius 2 is 1.91 bits per heavy atom. The molecule has 14 heteroatoms. The van der Waals surface area contributed by atoms with Gasteiger partial charge in [-0.05, 0) is 68.3 Å². The lowest BCUT2D eigenvalue weighted by Crippen LogP contribution is -2.51. The van der Waals surface area contributed by atoms with Gasteiger partial charge in [0.1, 0.15) is 40.0 Å². The number of nitrogens with zero attached hydrogens (tertiary/aromatic N) is 2. The second-order valence-corrected chi connectivity index (χ2v) is 12.0. The van der Waals surface area contributed by atoms with Crippen LogP contribution in [-0.2, 0) is 15.8 Å². The number of hydrogen-bond acceptors (Lipinski definition) is 8. The minimum Gasteiger partial charge on any atom is -0.490 e. The lowest BCUT2D eigenvalue weighted by Gasteiger charge is -2.31. The molecule has 0 spiro atoms. The van der Waals surface area contributed by atoms with Crippen molar-refractivity contribution in [2.45, 2.75) is 43.1 Å². The molecule has 4 aromatic rings. The first-order valence-corrected chi connectivity index (χ1v) is 14.7. The summed E-state index contributed by atoms with van der Waals surface area (Å²) in [5.74, 6) is -1.92. The molecule has 1 aliphatic carbocycles. The molecule has 1 saturated carbocycles. The van der Waals surface area contributed by atoms with Gasteiger partial charge in [-0.2, -0.15) is 13.2 Å². The smallest absolute Gasteiger partial charge is 0.424 e. The molecule has 2 amide bonds. The zero-order valence-electron chi connectivity index (χ0n) is 23.7. The highest BCUT2D eigenvalue weighted by Gasteiger charge is 2.57. The maximum atomic E-state index is 14.7. The number of amides is 2. The van der Waals surface area contributed by atoms with Crippen molar-refractivity contribution in [3.63, 3.8) is 0 Å². The summed E-state index contributed by atoms with van der Waals surface area (Å²) in [4.78, 5) is 34.0. The van der Waals surface area contributed by atoms with Crippen LogP contribution in [0.1, 0.15) is 41.4 Å². The Hall–Kier alpha value is -4.56. The lowest BCUT2D eigenvalue weighted by molar-refractivity contribution is -0.265. The fourth-order valence-electron chi connectivity index (χ4n) is 4.91. The summed E-state index contributed by atoms with van der Waals surface area (Å²) >= 11 is 1.30. The first-order valence-electron chi connectivity index (χ1n) is 13.8. The third-order valence-corrected chi connectivity index (χ3v) is 8.66. The number of aliphatic hydroxyl groups is 1. The van der Waals surface area contributed by atoms with Crippen LogP contribution >= 0.6 is 11.3 Å². The Balaban J connectivity index is 1.37. The summed E-state index contributed by atoms with van der Waals surface area (Å²) in [5, 5.41) is 15.8. The van der Waals surface area contributed by atoms with E-state index >= 15 is 0 Å². The summed E-state index contributed by atoms with van der Waals surface area (Å²) < 4.78 is 69.5. The van der Waals surface area contributed by atoms with E-state index in [0.29, 0.717) is 16.3 Å². The van der Waals surface area contributed by atoms with E-state index in [1.807, 2.05) is 0 Å². The van der Waals surface area contributed by atoms with Crippen LogP contribution in [0.15, 0.2) is 60.1 Å². The van der Waals surface area contributed by atoms with Crippen LogP contribution < -0.4 is 20.5 Å². The van der Waals surface area contributed by atoms with E-state index in [1.165, 1.54) is 42.5 Å². The van der Waals surface area contributed by atoms with Gasteiger partial charge in [-0.15, -0.1) is 11.3 Å². The molecule has 0 radical (unpaired) electrons. The maximum absolute atomic E-state index is 14.7. The van der Waals surface area contributed by atoms with Crippen LogP contribution in [0.3, 0.4) is 0 Å². The van der Waals surface area contributed by atoms with E-state index in [2.05, 4.69) is 15.3 Å². The van der Waals surface area contributed by atoms with Crippen LogP contribution in [0, 0.1) is 5.82 Å². The third-order valence-electron chi connectivity index (χ3n) is 7.85. The molecule has 2 atom stereocenters. The Labute approximate surface area is 258 Å². The second kappa shape index (κ2) is 11.1. The number of ether oxygens (including phenoxy) is 2. The van der Waals surface area contributed by atoms with E-state index in [9.17, 15) is 32.3 Å². The molecule has 4 N–H and O–H groups in total. The molecule has 1 unspecified atom stereocenters. The summed E-state index contributed by atoms with van der Waals surface area (Å²) in [6.45, 7) is -0.227. The highest BCUT2D eigenvalue weighted by molar-refractivity contribution is 7.13. The Kier molecular flexibility index (Phi) is 7.52. The van der Waals surface area contributed by atoms with Crippen LogP contribution in [0.4, 0.5) is 17.6 Å². The summed E-state index contributed by atoms with van der Waals surface area (Å²) in [6, 6.07) is 10.0. The maximum Gasteiger partial charge on any atom is 0.424 e. The number of thiazole rings is 1. The first kappa shape index (κ1) is 30.5. The lowest BCUT2D eigenvalue weighted by atomic mass is 9.81. The monoisotopic (exact) mass is 642 g/mol. The molecular weight excluding hydrogens is 616 g/mol. The number of nitrogens with two attached hydrogens (primary N) is 1. The minimum atomic E-state index is -5.35. The number of pyridine rings is 1. The molecule has 0 bridgehead atoms. The van der Waals surface area contributed by atoms with Gasteiger partial charge >= 0.3 is 6.18 Å². The largest absolute Gasteiger partial charge is 0.490 e. The molecule has 45 heavy (non-hydrogen) atoms. The van der Waals surface area contributed by atoms with E-state index in [0.717, 1.165) is 31.0 Å². The van der Waals surface area contributed by atoms with E-state index in [4.69, 9.17) is 15.2 Å². The van der Waals surface area contributed by atoms with Gasteiger partial charge in [-0.1, -0.05) is 0 Å². The fourth-order valence-corrected chi connectivity index (χ4v) is 5.57. The molecule has 1 aliphatic heterocycles. The van der Waals surface area contributed by atoms with Crippen molar-refractivity contribution < 1.29 is 41.7 Å². The number of carbonyl (C=O) groups is 2. The standard InChI is InChI=1S/C31H26F4N4O5S/c1-29(28(36)41)15-43-25-21(29)13-23(39-24(25)16-2-5-18(32)6-3-16)30(42,31(33,34)35)14-38-26(40)17-4-9-22(44-19-7-8-19)20(12-17)27-37-10-11-45-27/h2-6,9-13,19,42H,7-8,14-15H2,1H3,(H2,36,41)(H,38,40)/t29-,30?/m0/s1. The summed E-state index contributed by atoms with van der Waals surface area (Å²) in [7, 11) is 0. The van der Waals surface area contributed by atoms with Crippen molar-refractivity contribution in [2.24, 2.45) is 5.73 Å². The topological polar surface area (TPSA) is 137 Å². The number of alkyl halides is 3. The van der Waals surface area contributed by atoms with Crippen LogP contribution in [0.25, 0.3) is 21.8 Å². The molecule has 2 aromatic carbocycles. The quantitative estimate of drug-likeness (QED) is 0.222. The summed E-state index contributed by atoms with van der Waals surface area (Å²) in [6.07, 6.45) is -1.95. The highest BCUT2D eigenvalue weighted by atomic mass is 32.1. The van der Waals surface area contributed by atoms with Crippen molar-refractivity contribution in [1.29, 1.82) is 0 Å². The molecule has 0 saturated heterocycles. The SMILES string of the molecule is C[C@]1(C(N)=O)COc2c1cc(C(O)(CNC(=O)c1ccc(OC3CC3)c(-c3nccs3)c1)C(F)(F)F)nc2-c1ccc(F)cc1. The van der Waals surface area contributed by atoms with Crippen molar-refractivity contribution in [2.75, 3.05) is 13.2 Å². The van der Waals surface area contributed by atoms with Gasteiger partial charge in [0.15, 0.2) is 0 Å². The van der Waals surface area contributed by atoms with Crippen LogP contribution in [0.2, 0.25) is 0 Å². The predicted molar refractivity (Wildman–Crippen MR) is 155 cm³/mol. The molecule has 2 aromatic heterocycles. The first-order chi connectivity index (χ1) is 21.3. The predicted octanol–water partition coefficient (Wildman–Crippen LogP) is 4.87. The van der Waals surface area contributed by atoms with Gasteiger partial charge in [0.25, 0.3) is 5.91 Å². The van der Waals surface area contributed by atoms with E-state index in [1.54, 1.807) is 17.6 Å². The third kappa shape index (κ3) is 5.59. The number of halogens is 4. The second-order valence-electron chi connectivity index (χ2n) is 11.1. The van der Waals surface area contributed by atoms with E-state index in [-0.39, 0.29) is 40.8 Å². The summed E-state index contributed by atoms with van der Waals surface area (Å²) in [5.41, 5.74) is -0.107. The van der Waals surface area contributed by atoms with Gasteiger partial charge in [-0.3, -0.25) is 9.59 Å². The molecule has 3 heterocycles. The van der Waals surface area contributed by atoms with Crippen LogP contribution in [-0.4, -0.2) is 52.3 Å². The molecule has 234 valence electrons. The molecular formula is C31H26F4N4O5S. The van der Waals surface area contributed by atoms with Gasteiger partial charge in [0.05, 0.1) is 23.9 Å². The fraction of sp³-hybridized carbons (Fsp3) is 0.290. The van der Waals surface area contributed by atoms with Gasteiger partial charge in [0.2, 0.25) is 11.5 Å². The van der Waals surface area contributed by atoms with Gasteiger partial charge in [0, 0.05) is 28.3 Å². The Morgan fingerprint density at radius 3 is 2.53 bits per heavy atom. The van der Waals surface area contributed by atoms with Crippen molar-refractivity contribution in [1.82, 2.24) is 15.3 Å². The Morgan fingerprint density at radius 1 is 1.18 bits per heavy atom. The molecule has 6 rings (SSSR count). The number of benzene rings is 2. The van der Waals surface area contributed by atoms with Crippen molar-refractivity contribution in [3.8, 4) is 33.3 Å². The number of fused-ring (bicyclic) bond motifs is 1. The van der Waals surface area contributed by atoms with Crippen molar-refractivity contribution >= 4 is 23.2 Å². The minimum absolute atomic E-state index is 0.0106. The van der Waals surface area contributed by atoms with Crippen molar-refractivity contribution in [3.05, 3.63) is 82.7 Å². The number of carbonyl (C=O) groups excluding carboxylic acids is 2. The molecule has 1 fully saturated rings.